The first-order chi connectivity index (χ1) is 10.2. The molecule has 1 aromatic carbocycles. The molecule has 108 valence electrons. The number of nitrogens with one attached hydrogen (secondary N) is 1. The van der Waals surface area contributed by atoms with Gasteiger partial charge in [-0.25, -0.2) is 0 Å². The highest BCUT2D eigenvalue weighted by molar-refractivity contribution is 5.43. The Morgan fingerprint density at radius 3 is 2.76 bits per heavy atom. The molecular formula is C15H17N5O. The lowest BCUT2D eigenvalue weighted by Crippen LogP contribution is -2.23. The normalized spacial score (nSPS) is 12.3. The van der Waals surface area contributed by atoms with Gasteiger partial charge in [-0.2, -0.15) is 4.52 Å². The number of benzene rings is 1. The summed E-state index contributed by atoms with van der Waals surface area (Å²) in [5, 5.41) is 15.7. The molecule has 21 heavy (non-hydrogen) atoms. The van der Waals surface area contributed by atoms with Gasteiger partial charge < -0.3 is 10.1 Å². The van der Waals surface area contributed by atoms with Gasteiger partial charge in [0, 0.05) is 0 Å². The molecule has 0 spiro atoms. The smallest absolute Gasteiger partial charge is 0.178 e. The standard InChI is InChI=1S/C15H17N5O/c1-11(21-13-6-4-3-5-7-13)10-16-14-8-9-15-18-17-12(2)20(15)19-14/h3-9,11H,10H2,1-2H3,(H,16,19). The second-order valence-corrected chi connectivity index (χ2v) is 4.86. The minimum absolute atomic E-state index is 0.0342. The highest BCUT2D eigenvalue weighted by Gasteiger charge is 2.06. The maximum Gasteiger partial charge on any atom is 0.178 e. The van der Waals surface area contributed by atoms with Crippen LogP contribution in [0.3, 0.4) is 0 Å². The molecule has 6 heteroatoms. The quantitative estimate of drug-likeness (QED) is 0.778. The zero-order valence-corrected chi connectivity index (χ0v) is 12.0. The lowest BCUT2D eigenvalue weighted by atomic mass is 10.3. The third-order valence-electron chi connectivity index (χ3n) is 3.07. The molecule has 3 rings (SSSR count). The lowest BCUT2D eigenvalue weighted by molar-refractivity contribution is 0.234. The van der Waals surface area contributed by atoms with Crippen LogP contribution in [-0.4, -0.2) is 32.5 Å². The number of nitrogens with zero attached hydrogens (tertiary/aromatic N) is 4. The molecule has 0 amide bonds. The van der Waals surface area contributed by atoms with E-state index in [2.05, 4.69) is 20.6 Å². The first-order valence-electron chi connectivity index (χ1n) is 6.87. The van der Waals surface area contributed by atoms with E-state index in [0.717, 1.165) is 23.0 Å². The average Bonchev–Trinajstić information content (AvgIpc) is 2.87. The SMILES string of the molecule is Cc1nnc2ccc(NCC(C)Oc3ccccc3)nn12. The van der Waals surface area contributed by atoms with Crippen molar-refractivity contribution < 1.29 is 4.74 Å². The molecule has 1 unspecified atom stereocenters. The predicted octanol–water partition coefficient (Wildman–Crippen LogP) is 2.31. The predicted molar refractivity (Wildman–Crippen MR) is 80.5 cm³/mol. The Labute approximate surface area is 122 Å². The number of hydrogen-bond acceptors (Lipinski definition) is 5. The van der Waals surface area contributed by atoms with Crippen LogP contribution in [0.5, 0.6) is 5.75 Å². The number of hydrogen-bond donors (Lipinski definition) is 1. The zero-order valence-electron chi connectivity index (χ0n) is 12.0. The fourth-order valence-corrected chi connectivity index (χ4v) is 2.01. The van der Waals surface area contributed by atoms with Crippen molar-refractivity contribution in [1.82, 2.24) is 19.8 Å². The van der Waals surface area contributed by atoms with Crippen molar-refractivity contribution in [2.45, 2.75) is 20.0 Å². The van der Waals surface area contributed by atoms with Crippen LogP contribution in [0.2, 0.25) is 0 Å². The van der Waals surface area contributed by atoms with Crippen molar-refractivity contribution >= 4 is 11.5 Å². The van der Waals surface area contributed by atoms with E-state index in [1.165, 1.54) is 0 Å². The molecule has 2 heterocycles. The van der Waals surface area contributed by atoms with Gasteiger partial charge in [-0.05, 0) is 38.1 Å². The van der Waals surface area contributed by atoms with Gasteiger partial charge in [-0.1, -0.05) is 18.2 Å². The van der Waals surface area contributed by atoms with Gasteiger partial charge in [0.2, 0.25) is 0 Å². The minimum atomic E-state index is 0.0342. The Morgan fingerprint density at radius 1 is 1.14 bits per heavy atom. The Hall–Kier alpha value is -2.63. The molecule has 0 fully saturated rings. The summed E-state index contributed by atoms with van der Waals surface area (Å²) in [6.45, 7) is 4.55. The summed E-state index contributed by atoms with van der Waals surface area (Å²) in [5.41, 5.74) is 0.742. The largest absolute Gasteiger partial charge is 0.489 e. The van der Waals surface area contributed by atoms with Crippen LogP contribution in [-0.2, 0) is 0 Å². The van der Waals surface area contributed by atoms with E-state index in [0.29, 0.717) is 6.54 Å². The first kappa shape index (κ1) is 13.4. The summed E-state index contributed by atoms with van der Waals surface area (Å²) >= 11 is 0. The minimum Gasteiger partial charge on any atom is -0.489 e. The number of anilines is 1. The Morgan fingerprint density at radius 2 is 1.95 bits per heavy atom. The monoisotopic (exact) mass is 283 g/mol. The first-order valence-corrected chi connectivity index (χ1v) is 6.87. The summed E-state index contributed by atoms with van der Waals surface area (Å²) in [6, 6.07) is 13.6. The Bertz CT molecular complexity index is 725. The van der Waals surface area contributed by atoms with E-state index < -0.39 is 0 Å². The highest BCUT2D eigenvalue weighted by atomic mass is 16.5. The van der Waals surface area contributed by atoms with Gasteiger partial charge in [0.25, 0.3) is 0 Å². The van der Waals surface area contributed by atoms with Crippen LogP contribution in [0, 0.1) is 6.92 Å². The number of fused-ring (bicyclic) bond motifs is 1. The fraction of sp³-hybridized carbons (Fsp3) is 0.267. The van der Waals surface area contributed by atoms with Crippen molar-refractivity contribution in [1.29, 1.82) is 0 Å². The van der Waals surface area contributed by atoms with Crippen molar-refractivity contribution in [2.24, 2.45) is 0 Å². The zero-order chi connectivity index (χ0) is 14.7. The number of ether oxygens (including phenoxy) is 1. The van der Waals surface area contributed by atoms with E-state index in [-0.39, 0.29) is 6.10 Å². The molecule has 0 aliphatic heterocycles. The summed E-state index contributed by atoms with van der Waals surface area (Å²) in [4.78, 5) is 0. The molecule has 0 saturated heterocycles. The summed E-state index contributed by atoms with van der Waals surface area (Å²) in [7, 11) is 0. The average molecular weight is 283 g/mol. The number of aryl methyl sites for hydroxylation is 1. The van der Waals surface area contributed by atoms with Crippen LogP contribution >= 0.6 is 0 Å². The topological polar surface area (TPSA) is 64.3 Å². The van der Waals surface area contributed by atoms with Crippen molar-refractivity contribution in [3.8, 4) is 5.75 Å². The maximum atomic E-state index is 5.81. The fourth-order valence-electron chi connectivity index (χ4n) is 2.01. The third kappa shape index (κ3) is 3.10. The van der Waals surface area contributed by atoms with Crippen molar-refractivity contribution in [3.63, 3.8) is 0 Å². The van der Waals surface area contributed by atoms with Gasteiger partial charge in [-0.15, -0.1) is 15.3 Å². The molecule has 1 atom stereocenters. The van der Waals surface area contributed by atoms with Gasteiger partial charge in [0.05, 0.1) is 6.54 Å². The molecule has 0 aliphatic carbocycles. The molecule has 0 bridgehead atoms. The van der Waals surface area contributed by atoms with Crippen LogP contribution in [0.15, 0.2) is 42.5 Å². The molecule has 2 aromatic heterocycles. The Kier molecular flexibility index (Phi) is 3.68. The van der Waals surface area contributed by atoms with E-state index in [1.54, 1.807) is 4.52 Å². The Balaban J connectivity index is 1.62. The van der Waals surface area contributed by atoms with Gasteiger partial charge >= 0.3 is 0 Å². The summed E-state index contributed by atoms with van der Waals surface area (Å²) in [5.74, 6) is 2.40. The van der Waals surface area contributed by atoms with E-state index in [4.69, 9.17) is 4.74 Å². The van der Waals surface area contributed by atoms with Gasteiger partial charge in [0.15, 0.2) is 11.5 Å². The van der Waals surface area contributed by atoms with Crippen molar-refractivity contribution in [2.75, 3.05) is 11.9 Å². The van der Waals surface area contributed by atoms with Crippen LogP contribution in [0.4, 0.5) is 5.82 Å². The molecule has 3 aromatic rings. The van der Waals surface area contributed by atoms with Crippen molar-refractivity contribution in [3.05, 3.63) is 48.3 Å². The molecule has 0 aliphatic rings. The van der Waals surface area contributed by atoms with Crippen LogP contribution < -0.4 is 10.1 Å². The third-order valence-corrected chi connectivity index (χ3v) is 3.07. The highest BCUT2D eigenvalue weighted by Crippen LogP contribution is 2.11. The molecule has 0 saturated carbocycles. The second-order valence-electron chi connectivity index (χ2n) is 4.86. The van der Waals surface area contributed by atoms with Crippen LogP contribution in [0.1, 0.15) is 12.7 Å². The number of aromatic nitrogens is 4. The lowest BCUT2D eigenvalue weighted by Gasteiger charge is -2.15. The number of rotatable bonds is 5. The number of para-hydroxylation sites is 1. The second kappa shape index (κ2) is 5.78. The molecule has 1 N–H and O–H groups in total. The van der Waals surface area contributed by atoms with E-state index in [1.807, 2.05) is 56.3 Å². The summed E-state index contributed by atoms with van der Waals surface area (Å²) < 4.78 is 7.52. The molecule has 6 nitrogen and oxygen atoms in total. The van der Waals surface area contributed by atoms with Gasteiger partial charge in [0.1, 0.15) is 17.7 Å². The van der Waals surface area contributed by atoms with Crippen LogP contribution in [0.25, 0.3) is 5.65 Å². The maximum absolute atomic E-state index is 5.81. The molecular weight excluding hydrogens is 266 g/mol. The van der Waals surface area contributed by atoms with E-state index >= 15 is 0 Å². The summed E-state index contributed by atoms with van der Waals surface area (Å²) in [6.07, 6.45) is 0.0342. The molecule has 0 radical (unpaired) electrons. The van der Waals surface area contributed by atoms with Gasteiger partial charge in [-0.3, -0.25) is 0 Å². The van der Waals surface area contributed by atoms with E-state index in [9.17, 15) is 0 Å².